The number of anilines is 2. The molecule has 196 valence electrons. The van der Waals surface area contributed by atoms with E-state index in [1.165, 1.54) is 5.06 Å². The number of halogens is 1. The van der Waals surface area contributed by atoms with Gasteiger partial charge in [0, 0.05) is 54.9 Å². The van der Waals surface area contributed by atoms with Crippen molar-refractivity contribution < 1.29 is 18.8 Å². The Morgan fingerprint density at radius 3 is 2.68 bits per heavy atom. The van der Waals surface area contributed by atoms with Crippen LogP contribution in [0.3, 0.4) is 0 Å². The summed E-state index contributed by atoms with van der Waals surface area (Å²) in [6.45, 7) is 8.29. The normalized spacial score (nSPS) is 17.2. The monoisotopic (exact) mass is 523 g/mol. The van der Waals surface area contributed by atoms with E-state index in [1.807, 2.05) is 25.3 Å². The Hall–Kier alpha value is -2.97. The van der Waals surface area contributed by atoms with Crippen LogP contribution in [-0.4, -0.2) is 49.5 Å². The summed E-state index contributed by atoms with van der Waals surface area (Å²) in [7, 11) is 0. The minimum absolute atomic E-state index is 0.171. The van der Waals surface area contributed by atoms with Crippen molar-refractivity contribution in [1.82, 2.24) is 4.90 Å². The minimum atomic E-state index is -0.357. The van der Waals surface area contributed by atoms with Crippen molar-refractivity contribution in [3.8, 4) is 0 Å². The zero-order valence-corrected chi connectivity index (χ0v) is 22.4. The second-order valence-electron chi connectivity index (χ2n) is 10.1. The zero-order chi connectivity index (χ0) is 25.9. The molecule has 5 rings (SSSR count). The number of fused-ring (bicyclic) bond motifs is 2. The molecule has 8 heteroatoms. The summed E-state index contributed by atoms with van der Waals surface area (Å²) in [6.07, 6.45) is 3.46. The van der Waals surface area contributed by atoms with Crippen molar-refractivity contribution in [3.63, 3.8) is 0 Å². The first-order valence-corrected chi connectivity index (χ1v) is 14.1. The highest BCUT2D eigenvalue weighted by Crippen LogP contribution is 2.33. The van der Waals surface area contributed by atoms with Crippen LogP contribution in [0.4, 0.5) is 15.8 Å². The number of aryl methyl sites for hydroxylation is 1. The number of piperazine rings is 1. The highest BCUT2D eigenvalue weighted by Gasteiger charge is 2.29. The second-order valence-corrected chi connectivity index (χ2v) is 11.0. The average molecular weight is 524 g/mol. The largest absolute Gasteiger partial charge is 0.368 e. The lowest BCUT2D eigenvalue weighted by Gasteiger charge is -2.36. The van der Waals surface area contributed by atoms with Crippen molar-refractivity contribution in [2.45, 2.75) is 46.0 Å². The van der Waals surface area contributed by atoms with E-state index in [2.05, 4.69) is 28.0 Å². The first kappa shape index (κ1) is 25.7. The number of carbonyl (C=O) groups excluding carboxylic acids is 2. The van der Waals surface area contributed by atoms with Gasteiger partial charge in [0.15, 0.2) is 0 Å². The van der Waals surface area contributed by atoms with Crippen LogP contribution >= 0.6 is 11.3 Å². The maximum Gasteiger partial charge on any atom is 0.335 e. The van der Waals surface area contributed by atoms with Gasteiger partial charge in [-0.15, -0.1) is 16.4 Å². The Morgan fingerprint density at radius 1 is 1.08 bits per heavy atom. The average Bonchev–Trinajstić information content (AvgIpc) is 3.37. The summed E-state index contributed by atoms with van der Waals surface area (Å²) >= 11 is 1.57. The summed E-state index contributed by atoms with van der Waals surface area (Å²) in [6, 6.07) is 11.5. The lowest BCUT2D eigenvalue weighted by molar-refractivity contribution is -0.154. The van der Waals surface area contributed by atoms with Gasteiger partial charge in [0.05, 0.1) is 11.6 Å². The molecule has 1 fully saturated rings. The smallest absolute Gasteiger partial charge is 0.335 e. The lowest BCUT2D eigenvalue weighted by atomic mass is 9.99. The molecule has 1 amide bonds. The van der Waals surface area contributed by atoms with Gasteiger partial charge in [-0.05, 0) is 60.0 Å². The fraction of sp³-hybridized carbons (Fsp3) is 0.448. The maximum absolute atomic E-state index is 14.1. The summed E-state index contributed by atoms with van der Waals surface area (Å²) in [4.78, 5) is 35.5. The molecule has 1 aromatic heterocycles. The molecule has 0 N–H and O–H groups in total. The molecule has 2 aliphatic heterocycles. The molecule has 0 spiro atoms. The lowest BCUT2D eigenvalue weighted by Crippen LogP contribution is -2.47. The van der Waals surface area contributed by atoms with E-state index in [0.717, 1.165) is 78.9 Å². The summed E-state index contributed by atoms with van der Waals surface area (Å²) in [5, 5.41) is 4.36. The standard InChI is InChI=1S/C29H34FN3O3S/c1-3-4-20(2)29(35)36-33-25-17-21(5-6-22(25)7-8-28(33)34)9-11-31-12-14-32(15-13-31)26-18-23(30)19-27-24(26)10-16-37-27/h5-6,10,16-20H,3-4,7-9,11-15H2,1-2H3. The number of nitrogens with zero attached hydrogens (tertiary/aromatic N) is 3. The van der Waals surface area contributed by atoms with Gasteiger partial charge in [-0.1, -0.05) is 32.4 Å². The van der Waals surface area contributed by atoms with Gasteiger partial charge in [-0.2, -0.15) is 0 Å². The molecule has 0 aliphatic carbocycles. The topological polar surface area (TPSA) is 53.1 Å². The number of hydroxylamine groups is 1. The third kappa shape index (κ3) is 5.65. The molecule has 1 atom stereocenters. The van der Waals surface area contributed by atoms with E-state index >= 15 is 0 Å². The molecule has 3 heterocycles. The summed E-state index contributed by atoms with van der Waals surface area (Å²) in [5.74, 6) is -0.953. The van der Waals surface area contributed by atoms with Gasteiger partial charge >= 0.3 is 5.97 Å². The van der Waals surface area contributed by atoms with E-state index in [4.69, 9.17) is 4.84 Å². The van der Waals surface area contributed by atoms with Gasteiger partial charge in [0.1, 0.15) is 5.82 Å². The number of carbonyl (C=O) groups is 2. The highest BCUT2D eigenvalue weighted by atomic mass is 32.1. The van der Waals surface area contributed by atoms with Crippen LogP contribution < -0.4 is 9.96 Å². The zero-order valence-electron chi connectivity index (χ0n) is 21.5. The minimum Gasteiger partial charge on any atom is -0.368 e. The van der Waals surface area contributed by atoms with Crippen molar-refractivity contribution in [2.24, 2.45) is 5.92 Å². The van der Waals surface area contributed by atoms with Crippen LogP contribution in [0.1, 0.15) is 44.2 Å². The van der Waals surface area contributed by atoms with Crippen LogP contribution in [-0.2, 0) is 27.3 Å². The Bertz CT molecular complexity index is 1280. The Labute approximate surface area is 221 Å². The first-order valence-electron chi connectivity index (χ1n) is 13.2. The fourth-order valence-electron chi connectivity index (χ4n) is 5.25. The predicted octanol–water partition coefficient (Wildman–Crippen LogP) is 5.58. The Kier molecular flexibility index (Phi) is 7.76. The number of thiophene rings is 1. The molecule has 0 saturated carbocycles. The molecule has 2 aromatic carbocycles. The van der Waals surface area contributed by atoms with Gasteiger partial charge in [0.2, 0.25) is 0 Å². The third-order valence-electron chi connectivity index (χ3n) is 7.45. The fourth-order valence-corrected chi connectivity index (χ4v) is 6.09. The van der Waals surface area contributed by atoms with E-state index < -0.39 is 0 Å². The molecular weight excluding hydrogens is 489 g/mol. The summed E-state index contributed by atoms with van der Waals surface area (Å²) in [5.41, 5.74) is 3.83. The number of amides is 1. The van der Waals surface area contributed by atoms with Gasteiger partial charge in [-0.25, -0.2) is 9.18 Å². The van der Waals surface area contributed by atoms with Crippen LogP contribution in [0.15, 0.2) is 41.8 Å². The van der Waals surface area contributed by atoms with Gasteiger partial charge < -0.3 is 9.74 Å². The molecule has 1 saturated heterocycles. The second kappa shape index (κ2) is 11.2. The molecule has 3 aromatic rings. The van der Waals surface area contributed by atoms with Crippen molar-refractivity contribution in [3.05, 3.63) is 58.7 Å². The maximum atomic E-state index is 14.1. The van der Waals surface area contributed by atoms with Crippen LogP contribution in [0.25, 0.3) is 10.1 Å². The van der Waals surface area contributed by atoms with Crippen molar-refractivity contribution in [1.29, 1.82) is 0 Å². The van der Waals surface area contributed by atoms with Crippen molar-refractivity contribution >= 4 is 44.7 Å². The Balaban J connectivity index is 1.21. The van der Waals surface area contributed by atoms with Gasteiger partial charge in [0.25, 0.3) is 5.91 Å². The number of benzene rings is 2. The van der Waals surface area contributed by atoms with E-state index in [0.29, 0.717) is 18.5 Å². The van der Waals surface area contributed by atoms with E-state index in [-0.39, 0.29) is 23.6 Å². The quantitative estimate of drug-likeness (QED) is 0.386. The van der Waals surface area contributed by atoms with Crippen LogP contribution in [0.5, 0.6) is 0 Å². The molecular formula is C29H34FN3O3S. The highest BCUT2D eigenvalue weighted by molar-refractivity contribution is 7.17. The molecule has 0 radical (unpaired) electrons. The van der Waals surface area contributed by atoms with Crippen LogP contribution in [0, 0.1) is 11.7 Å². The number of hydrogen-bond acceptors (Lipinski definition) is 6. The van der Waals surface area contributed by atoms with Gasteiger partial charge in [-0.3, -0.25) is 9.69 Å². The Morgan fingerprint density at radius 2 is 1.89 bits per heavy atom. The predicted molar refractivity (Wildman–Crippen MR) is 147 cm³/mol. The van der Waals surface area contributed by atoms with E-state index in [1.54, 1.807) is 23.5 Å². The molecule has 37 heavy (non-hydrogen) atoms. The molecule has 2 aliphatic rings. The molecule has 1 unspecified atom stereocenters. The third-order valence-corrected chi connectivity index (χ3v) is 8.32. The van der Waals surface area contributed by atoms with Crippen molar-refractivity contribution in [2.75, 3.05) is 42.7 Å². The molecule has 6 nitrogen and oxygen atoms in total. The number of hydrogen-bond donors (Lipinski definition) is 0. The SMILES string of the molecule is CCCC(C)C(=O)ON1C(=O)CCc2ccc(CCN3CCN(c4cc(F)cc5sccc45)CC3)cc21. The van der Waals surface area contributed by atoms with E-state index in [9.17, 15) is 14.0 Å². The molecule has 0 bridgehead atoms. The first-order chi connectivity index (χ1) is 17.9. The van der Waals surface area contributed by atoms with Crippen LogP contribution in [0.2, 0.25) is 0 Å². The summed E-state index contributed by atoms with van der Waals surface area (Å²) < 4.78 is 15.1. The number of rotatable bonds is 8.